The molecule has 24 heavy (non-hydrogen) atoms. The molecule has 2 aromatic rings. The molecule has 7 nitrogen and oxygen atoms in total. The number of azo groups is 1. The van der Waals surface area contributed by atoms with Gasteiger partial charge in [-0.15, -0.1) is 5.11 Å². The summed E-state index contributed by atoms with van der Waals surface area (Å²) in [6.07, 6.45) is 0. The van der Waals surface area contributed by atoms with Crippen molar-refractivity contribution in [3.63, 3.8) is 0 Å². The number of aromatic nitrogens is 1. The van der Waals surface area contributed by atoms with Crippen LogP contribution in [0.5, 0.6) is 5.88 Å². The summed E-state index contributed by atoms with van der Waals surface area (Å²) < 4.78 is 1.05. The van der Waals surface area contributed by atoms with Crippen LogP contribution in [0.25, 0.3) is 0 Å². The zero-order valence-corrected chi connectivity index (χ0v) is 14.1. The number of pyridine rings is 1. The molecule has 0 aliphatic carbocycles. The Labute approximate surface area is 139 Å². The van der Waals surface area contributed by atoms with Crippen molar-refractivity contribution in [3.8, 4) is 5.88 Å². The maximum Gasteiger partial charge on any atom is 0.281 e. The predicted octanol–water partition coefficient (Wildman–Crippen LogP) is 3.01. The lowest BCUT2D eigenvalue weighted by Gasteiger charge is -2.13. The van der Waals surface area contributed by atoms with Gasteiger partial charge >= 0.3 is 0 Å². The van der Waals surface area contributed by atoms with Crippen LogP contribution in [0, 0.1) is 20.8 Å². The number of nitrogens with two attached hydrogens (primary N) is 1. The fourth-order valence-electron chi connectivity index (χ4n) is 2.44. The highest BCUT2D eigenvalue weighted by Crippen LogP contribution is 2.28. The number of rotatable bonds is 4. The van der Waals surface area contributed by atoms with Gasteiger partial charge in [-0.25, -0.2) is 0 Å². The van der Waals surface area contributed by atoms with Gasteiger partial charge in [-0.1, -0.05) is 12.1 Å². The fraction of sp³-hybridized carbons (Fsp3) is 0.294. The maximum atomic E-state index is 12.5. The molecular formula is C17H20N4O3. The maximum absolute atomic E-state index is 12.5. The van der Waals surface area contributed by atoms with Crippen LogP contribution in [0.1, 0.15) is 34.0 Å². The lowest BCUT2D eigenvalue weighted by molar-refractivity contribution is 0.0995. The summed E-state index contributed by atoms with van der Waals surface area (Å²) in [6, 6.07) is 5.71. The zero-order chi connectivity index (χ0) is 18.0. The summed E-state index contributed by atoms with van der Waals surface area (Å²) in [7, 11) is 0. The molecule has 0 atom stereocenters. The average Bonchev–Trinajstić information content (AvgIpc) is 2.50. The number of hydrogen-bond donors (Lipinski definition) is 2. The number of primary amides is 1. The number of carbonyl (C=O) groups is 1. The third-order valence-corrected chi connectivity index (χ3v) is 3.84. The normalized spacial score (nSPS) is 11.2. The first-order valence-corrected chi connectivity index (χ1v) is 7.53. The Hall–Kier alpha value is -2.96. The summed E-state index contributed by atoms with van der Waals surface area (Å²) >= 11 is 0. The second kappa shape index (κ2) is 6.66. The van der Waals surface area contributed by atoms with Gasteiger partial charge in [-0.3, -0.25) is 14.2 Å². The minimum Gasteiger partial charge on any atom is -0.494 e. The van der Waals surface area contributed by atoms with Crippen molar-refractivity contribution in [2.45, 2.75) is 34.2 Å². The second-order valence-corrected chi connectivity index (χ2v) is 5.58. The van der Waals surface area contributed by atoms with Crippen molar-refractivity contribution in [1.29, 1.82) is 0 Å². The summed E-state index contributed by atoms with van der Waals surface area (Å²) in [4.78, 5) is 24.1. The summed E-state index contributed by atoms with van der Waals surface area (Å²) in [5, 5.41) is 18.3. The lowest BCUT2D eigenvalue weighted by Crippen LogP contribution is -2.25. The minimum absolute atomic E-state index is 0.00986. The van der Waals surface area contributed by atoms with Gasteiger partial charge < -0.3 is 10.8 Å². The first kappa shape index (κ1) is 17.4. The van der Waals surface area contributed by atoms with Crippen molar-refractivity contribution in [2.24, 2.45) is 16.0 Å². The van der Waals surface area contributed by atoms with Crippen LogP contribution in [-0.2, 0) is 6.54 Å². The van der Waals surface area contributed by atoms with Gasteiger partial charge in [-0.2, -0.15) is 5.11 Å². The average molecular weight is 328 g/mol. The van der Waals surface area contributed by atoms with Gasteiger partial charge in [0.2, 0.25) is 5.88 Å². The van der Waals surface area contributed by atoms with E-state index in [-0.39, 0.29) is 23.4 Å². The van der Waals surface area contributed by atoms with Crippen molar-refractivity contribution >= 4 is 17.3 Å². The Morgan fingerprint density at radius 1 is 1.25 bits per heavy atom. The smallest absolute Gasteiger partial charge is 0.281 e. The molecule has 0 saturated carbocycles. The molecule has 0 bridgehead atoms. The van der Waals surface area contributed by atoms with E-state index < -0.39 is 17.3 Å². The van der Waals surface area contributed by atoms with Gasteiger partial charge in [0.1, 0.15) is 5.56 Å². The number of amides is 1. The van der Waals surface area contributed by atoms with Crippen molar-refractivity contribution in [1.82, 2.24) is 4.57 Å². The second-order valence-electron chi connectivity index (χ2n) is 5.58. The van der Waals surface area contributed by atoms with Crippen LogP contribution in [0.4, 0.5) is 11.4 Å². The molecule has 0 unspecified atom stereocenters. The highest BCUT2D eigenvalue weighted by Gasteiger charge is 2.21. The number of aromatic hydroxyl groups is 1. The number of hydrogen-bond acceptors (Lipinski definition) is 5. The van der Waals surface area contributed by atoms with Gasteiger partial charge in [0.25, 0.3) is 11.5 Å². The number of benzene rings is 1. The molecule has 0 fully saturated rings. The fourth-order valence-corrected chi connectivity index (χ4v) is 2.44. The monoisotopic (exact) mass is 328 g/mol. The number of aryl methyl sites for hydroxylation is 2. The standard InChI is InChI=1S/C17H20N4O3/c1-5-21-16(23)13(15(18)22)11(4)14(17(21)24)20-19-12-8-9(2)6-7-10(12)3/h6-8,23H,5H2,1-4H3,(H2,18,22). The number of carbonyl (C=O) groups excluding carboxylic acids is 1. The molecule has 0 saturated heterocycles. The Morgan fingerprint density at radius 3 is 2.50 bits per heavy atom. The van der Waals surface area contributed by atoms with E-state index in [1.807, 2.05) is 32.0 Å². The molecule has 1 heterocycles. The van der Waals surface area contributed by atoms with E-state index in [0.717, 1.165) is 15.7 Å². The molecule has 0 radical (unpaired) electrons. The largest absolute Gasteiger partial charge is 0.494 e. The Balaban J connectivity index is 2.68. The summed E-state index contributed by atoms with van der Waals surface area (Å²) in [5.41, 5.74) is 7.44. The van der Waals surface area contributed by atoms with E-state index in [2.05, 4.69) is 10.2 Å². The van der Waals surface area contributed by atoms with Crippen LogP contribution >= 0.6 is 0 Å². The molecule has 1 aromatic heterocycles. The summed E-state index contributed by atoms with van der Waals surface area (Å²) in [5.74, 6) is -1.27. The van der Waals surface area contributed by atoms with E-state index >= 15 is 0 Å². The third-order valence-electron chi connectivity index (χ3n) is 3.84. The molecule has 0 aliphatic rings. The Morgan fingerprint density at radius 2 is 1.92 bits per heavy atom. The van der Waals surface area contributed by atoms with Gasteiger partial charge in [0, 0.05) is 12.1 Å². The quantitative estimate of drug-likeness (QED) is 0.842. The minimum atomic E-state index is -0.824. The summed E-state index contributed by atoms with van der Waals surface area (Å²) in [6.45, 7) is 7.18. The third kappa shape index (κ3) is 3.05. The van der Waals surface area contributed by atoms with Gasteiger partial charge in [-0.05, 0) is 44.9 Å². The Kier molecular flexibility index (Phi) is 4.82. The van der Waals surface area contributed by atoms with Crippen LogP contribution in [-0.4, -0.2) is 15.6 Å². The topological polar surface area (TPSA) is 110 Å². The van der Waals surface area contributed by atoms with E-state index in [1.165, 1.54) is 6.92 Å². The van der Waals surface area contributed by atoms with Crippen LogP contribution < -0.4 is 11.3 Å². The van der Waals surface area contributed by atoms with E-state index in [9.17, 15) is 14.7 Å². The molecule has 7 heteroatoms. The van der Waals surface area contributed by atoms with Crippen LogP contribution in [0.3, 0.4) is 0 Å². The first-order chi connectivity index (χ1) is 11.3. The molecule has 0 aliphatic heterocycles. The predicted molar refractivity (Wildman–Crippen MR) is 91.4 cm³/mol. The van der Waals surface area contributed by atoms with Crippen molar-refractivity contribution < 1.29 is 9.90 Å². The van der Waals surface area contributed by atoms with E-state index in [1.54, 1.807) is 6.92 Å². The molecule has 0 spiro atoms. The highest BCUT2D eigenvalue weighted by atomic mass is 16.3. The molecular weight excluding hydrogens is 308 g/mol. The first-order valence-electron chi connectivity index (χ1n) is 7.53. The van der Waals surface area contributed by atoms with Crippen LogP contribution in [0.2, 0.25) is 0 Å². The van der Waals surface area contributed by atoms with Gasteiger partial charge in [0.05, 0.1) is 5.69 Å². The molecule has 2 rings (SSSR count). The molecule has 126 valence electrons. The molecule has 1 amide bonds. The number of nitrogens with zero attached hydrogens (tertiary/aromatic N) is 3. The lowest BCUT2D eigenvalue weighted by atomic mass is 10.1. The SMILES string of the molecule is CCn1c(O)c(C(N)=O)c(C)c(N=Nc2cc(C)ccc2C)c1=O. The molecule has 1 aromatic carbocycles. The van der Waals surface area contributed by atoms with E-state index in [0.29, 0.717) is 5.69 Å². The molecule has 3 N–H and O–H groups in total. The van der Waals surface area contributed by atoms with Crippen LogP contribution in [0.15, 0.2) is 33.2 Å². The Bertz CT molecular complexity index is 898. The van der Waals surface area contributed by atoms with Crippen molar-refractivity contribution in [2.75, 3.05) is 0 Å². The van der Waals surface area contributed by atoms with Crippen molar-refractivity contribution in [3.05, 3.63) is 50.8 Å². The highest BCUT2D eigenvalue weighted by molar-refractivity contribution is 5.97. The van der Waals surface area contributed by atoms with Gasteiger partial charge in [0.15, 0.2) is 5.69 Å². The zero-order valence-electron chi connectivity index (χ0n) is 14.1. The van der Waals surface area contributed by atoms with E-state index in [4.69, 9.17) is 5.73 Å².